The largest absolute Gasteiger partial charge is 0.492 e. The Bertz CT molecular complexity index is 1190. The first-order chi connectivity index (χ1) is 15.8. The van der Waals surface area contributed by atoms with E-state index in [4.69, 9.17) is 27.9 Å². The number of anilines is 1. The Balaban J connectivity index is 1.70. The molecule has 0 spiro atoms. The van der Waals surface area contributed by atoms with Gasteiger partial charge in [-0.3, -0.25) is 9.10 Å². The molecule has 3 rings (SSSR count). The highest BCUT2D eigenvalue weighted by molar-refractivity contribution is 7.92. The lowest BCUT2D eigenvalue weighted by Gasteiger charge is -2.25. The van der Waals surface area contributed by atoms with Crippen LogP contribution in [0.25, 0.3) is 0 Å². The standard InChI is InChI=1S/C24H24Cl2N2O4S/c1-2-18-11-13-19(14-12-18)32-16-15-27-23(29)17-28(22-10-6-9-21(25)24(22)26)33(30,31)20-7-4-3-5-8-20/h3-14H,2,15-17H2,1H3,(H,27,29). The minimum Gasteiger partial charge on any atom is -0.492 e. The zero-order chi connectivity index (χ0) is 23.8. The summed E-state index contributed by atoms with van der Waals surface area (Å²) in [5.41, 5.74) is 1.32. The summed E-state index contributed by atoms with van der Waals surface area (Å²) in [7, 11) is -4.07. The van der Waals surface area contributed by atoms with E-state index in [0.717, 1.165) is 10.7 Å². The summed E-state index contributed by atoms with van der Waals surface area (Å²) < 4.78 is 33.2. The maximum atomic E-state index is 13.3. The monoisotopic (exact) mass is 506 g/mol. The molecule has 0 aliphatic carbocycles. The Hall–Kier alpha value is -2.74. The molecule has 3 aromatic rings. The van der Waals surface area contributed by atoms with Gasteiger partial charge in [0.25, 0.3) is 10.0 Å². The number of rotatable bonds is 10. The number of hydrogen-bond donors (Lipinski definition) is 1. The van der Waals surface area contributed by atoms with Crippen LogP contribution in [-0.4, -0.2) is 34.0 Å². The van der Waals surface area contributed by atoms with Gasteiger partial charge in [-0.2, -0.15) is 0 Å². The van der Waals surface area contributed by atoms with Gasteiger partial charge in [0.15, 0.2) is 0 Å². The Labute approximate surface area is 204 Å². The molecule has 1 amide bonds. The molecule has 9 heteroatoms. The molecule has 0 aliphatic heterocycles. The number of benzene rings is 3. The fourth-order valence-corrected chi connectivity index (χ4v) is 4.97. The smallest absolute Gasteiger partial charge is 0.264 e. The normalized spacial score (nSPS) is 11.1. The summed E-state index contributed by atoms with van der Waals surface area (Å²) in [6.07, 6.45) is 0.940. The molecule has 33 heavy (non-hydrogen) atoms. The molecule has 0 saturated heterocycles. The number of aryl methyl sites for hydroxylation is 1. The van der Waals surface area contributed by atoms with E-state index in [2.05, 4.69) is 12.2 Å². The van der Waals surface area contributed by atoms with Crippen LogP contribution in [0, 0.1) is 0 Å². The summed E-state index contributed by atoms with van der Waals surface area (Å²) in [4.78, 5) is 12.7. The molecule has 0 unspecified atom stereocenters. The molecule has 0 bridgehead atoms. The van der Waals surface area contributed by atoms with Gasteiger partial charge in [-0.15, -0.1) is 0 Å². The molecule has 6 nitrogen and oxygen atoms in total. The molecular weight excluding hydrogens is 483 g/mol. The number of halogens is 2. The summed E-state index contributed by atoms with van der Waals surface area (Å²) in [6, 6.07) is 20.2. The van der Waals surface area contributed by atoms with Crippen molar-refractivity contribution in [2.75, 3.05) is 24.0 Å². The summed E-state index contributed by atoms with van der Waals surface area (Å²) in [5.74, 6) is 0.191. The van der Waals surface area contributed by atoms with Crippen LogP contribution in [0.5, 0.6) is 5.75 Å². The van der Waals surface area contributed by atoms with Gasteiger partial charge in [0.05, 0.1) is 27.2 Å². The number of ether oxygens (including phenoxy) is 1. The average Bonchev–Trinajstić information content (AvgIpc) is 2.83. The summed E-state index contributed by atoms with van der Waals surface area (Å²) >= 11 is 12.4. The maximum absolute atomic E-state index is 13.3. The Kier molecular flexibility index (Phi) is 8.61. The first kappa shape index (κ1) is 24.9. The van der Waals surface area contributed by atoms with Crippen molar-refractivity contribution in [1.82, 2.24) is 5.32 Å². The average molecular weight is 507 g/mol. The van der Waals surface area contributed by atoms with Crippen molar-refractivity contribution in [3.05, 3.63) is 88.4 Å². The van der Waals surface area contributed by atoms with Crippen LogP contribution < -0.4 is 14.4 Å². The zero-order valence-corrected chi connectivity index (χ0v) is 20.3. The van der Waals surface area contributed by atoms with Crippen molar-refractivity contribution in [1.29, 1.82) is 0 Å². The van der Waals surface area contributed by atoms with E-state index in [-0.39, 0.29) is 33.8 Å². The van der Waals surface area contributed by atoms with Crippen LogP contribution in [0.3, 0.4) is 0 Å². The minimum atomic E-state index is -4.07. The van der Waals surface area contributed by atoms with E-state index in [1.807, 2.05) is 24.3 Å². The number of carbonyl (C=O) groups excluding carboxylic acids is 1. The van der Waals surface area contributed by atoms with E-state index >= 15 is 0 Å². The van der Waals surface area contributed by atoms with Crippen molar-refractivity contribution in [2.45, 2.75) is 18.2 Å². The molecule has 0 saturated carbocycles. The van der Waals surface area contributed by atoms with E-state index in [1.165, 1.54) is 23.8 Å². The predicted molar refractivity (Wildman–Crippen MR) is 132 cm³/mol. The topological polar surface area (TPSA) is 75.7 Å². The molecular formula is C24H24Cl2N2O4S. The van der Waals surface area contributed by atoms with Gasteiger partial charge in [0, 0.05) is 0 Å². The number of sulfonamides is 1. The molecule has 0 fully saturated rings. The second-order valence-corrected chi connectivity index (χ2v) is 9.74. The minimum absolute atomic E-state index is 0.0349. The van der Waals surface area contributed by atoms with Crippen molar-refractivity contribution in [3.8, 4) is 5.75 Å². The highest BCUT2D eigenvalue weighted by atomic mass is 35.5. The maximum Gasteiger partial charge on any atom is 0.264 e. The number of carbonyl (C=O) groups is 1. The fraction of sp³-hybridized carbons (Fsp3) is 0.208. The van der Waals surface area contributed by atoms with E-state index in [9.17, 15) is 13.2 Å². The van der Waals surface area contributed by atoms with Crippen LogP contribution in [0.4, 0.5) is 5.69 Å². The molecule has 0 heterocycles. The van der Waals surface area contributed by atoms with E-state index in [0.29, 0.717) is 5.75 Å². The van der Waals surface area contributed by atoms with Crippen LogP contribution >= 0.6 is 23.2 Å². The van der Waals surface area contributed by atoms with Gasteiger partial charge in [0.1, 0.15) is 18.9 Å². The second-order valence-electron chi connectivity index (χ2n) is 7.09. The van der Waals surface area contributed by atoms with Gasteiger partial charge < -0.3 is 10.1 Å². The van der Waals surface area contributed by atoms with Gasteiger partial charge in [0.2, 0.25) is 5.91 Å². The van der Waals surface area contributed by atoms with Gasteiger partial charge in [-0.25, -0.2) is 8.42 Å². The lowest BCUT2D eigenvalue weighted by molar-refractivity contribution is -0.119. The van der Waals surface area contributed by atoms with Gasteiger partial charge >= 0.3 is 0 Å². The fourth-order valence-electron chi connectivity index (χ4n) is 3.07. The molecule has 1 N–H and O–H groups in total. The molecule has 0 aliphatic rings. The molecule has 3 aromatic carbocycles. The van der Waals surface area contributed by atoms with Crippen LogP contribution in [-0.2, 0) is 21.2 Å². The summed E-state index contributed by atoms with van der Waals surface area (Å²) in [6.45, 7) is 2.04. The molecule has 0 radical (unpaired) electrons. The Morgan fingerprint density at radius 3 is 2.33 bits per heavy atom. The molecule has 174 valence electrons. The predicted octanol–water partition coefficient (Wildman–Crippen LogP) is 4.95. The van der Waals surface area contributed by atoms with Crippen molar-refractivity contribution < 1.29 is 17.9 Å². The number of amides is 1. The first-order valence-electron chi connectivity index (χ1n) is 10.3. The lowest BCUT2D eigenvalue weighted by Crippen LogP contribution is -2.42. The van der Waals surface area contributed by atoms with Crippen molar-refractivity contribution in [3.63, 3.8) is 0 Å². The third kappa shape index (κ3) is 6.41. The van der Waals surface area contributed by atoms with Crippen molar-refractivity contribution in [2.24, 2.45) is 0 Å². The Morgan fingerprint density at radius 1 is 0.970 bits per heavy atom. The highest BCUT2D eigenvalue weighted by Crippen LogP contribution is 2.35. The quantitative estimate of drug-likeness (QED) is 0.394. The van der Waals surface area contributed by atoms with E-state index < -0.39 is 22.5 Å². The third-order valence-corrected chi connectivity index (χ3v) is 7.43. The SMILES string of the molecule is CCc1ccc(OCCNC(=O)CN(c2cccc(Cl)c2Cl)S(=O)(=O)c2ccccc2)cc1. The van der Waals surface area contributed by atoms with Crippen LogP contribution in [0.2, 0.25) is 10.0 Å². The number of nitrogens with zero attached hydrogens (tertiary/aromatic N) is 1. The highest BCUT2D eigenvalue weighted by Gasteiger charge is 2.29. The summed E-state index contributed by atoms with van der Waals surface area (Å²) in [5, 5.41) is 2.92. The molecule has 0 atom stereocenters. The Morgan fingerprint density at radius 2 is 1.67 bits per heavy atom. The van der Waals surface area contributed by atoms with Gasteiger partial charge in [-0.05, 0) is 48.4 Å². The van der Waals surface area contributed by atoms with E-state index in [1.54, 1.807) is 30.3 Å². The van der Waals surface area contributed by atoms with Crippen molar-refractivity contribution >= 4 is 44.8 Å². The molecule has 0 aromatic heterocycles. The second kappa shape index (κ2) is 11.4. The van der Waals surface area contributed by atoms with Crippen LogP contribution in [0.1, 0.15) is 12.5 Å². The lowest BCUT2D eigenvalue weighted by atomic mass is 10.2. The van der Waals surface area contributed by atoms with Crippen LogP contribution in [0.15, 0.2) is 77.7 Å². The first-order valence-corrected chi connectivity index (χ1v) is 12.5. The zero-order valence-electron chi connectivity index (χ0n) is 18.0. The number of hydrogen-bond acceptors (Lipinski definition) is 4. The third-order valence-electron chi connectivity index (χ3n) is 4.84. The number of nitrogens with one attached hydrogen (secondary N) is 1. The van der Waals surface area contributed by atoms with Gasteiger partial charge in [-0.1, -0.05) is 66.5 Å².